The van der Waals surface area contributed by atoms with Gasteiger partial charge in [-0.1, -0.05) is 17.7 Å². The molecule has 1 aromatic rings. The number of hydrogen-bond acceptors (Lipinski definition) is 3. The van der Waals surface area contributed by atoms with Crippen molar-refractivity contribution in [2.75, 3.05) is 13.1 Å². The Morgan fingerprint density at radius 2 is 1.77 bits per heavy atom. The highest BCUT2D eigenvalue weighted by Gasteiger charge is 2.58. The first-order valence-electron chi connectivity index (χ1n) is 7.77. The van der Waals surface area contributed by atoms with Crippen LogP contribution in [0.25, 0.3) is 0 Å². The first-order valence-corrected chi connectivity index (χ1v) is 7.77. The molecule has 22 heavy (non-hydrogen) atoms. The number of carbonyl (C=O) groups excluding carboxylic acids is 1. The number of aryl methyl sites for hydroxylation is 1. The van der Waals surface area contributed by atoms with Crippen LogP contribution in [0.15, 0.2) is 24.3 Å². The van der Waals surface area contributed by atoms with Crippen LogP contribution in [0.3, 0.4) is 0 Å². The van der Waals surface area contributed by atoms with E-state index in [0.717, 1.165) is 18.6 Å². The molecule has 1 saturated carbocycles. The lowest BCUT2D eigenvalue weighted by Crippen LogP contribution is -2.46. The Kier molecular flexibility index (Phi) is 3.81. The number of amides is 1. The zero-order chi connectivity index (χ0) is 15.7. The topological polar surface area (TPSA) is 66.8 Å². The van der Waals surface area contributed by atoms with Crippen LogP contribution < -0.4 is 4.74 Å². The summed E-state index contributed by atoms with van der Waals surface area (Å²) < 4.78 is 5.93. The molecule has 1 aliphatic carbocycles. The molecular formula is C17H21NO4. The van der Waals surface area contributed by atoms with Gasteiger partial charge in [-0.25, -0.2) is 0 Å². The van der Waals surface area contributed by atoms with Crippen molar-refractivity contribution < 1.29 is 19.4 Å². The number of hydrogen-bond donors (Lipinski definition) is 1. The summed E-state index contributed by atoms with van der Waals surface area (Å²) >= 11 is 0. The average Bonchev–Trinajstić information content (AvgIpc) is 3.31. The highest BCUT2D eigenvalue weighted by Crippen LogP contribution is 2.47. The van der Waals surface area contributed by atoms with Gasteiger partial charge in [-0.15, -0.1) is 0 Å². The lowest BCUT2D eigenvalue weighted by atomic mass is 10.0. The van der Waals surface area contributed by atoms with Crippen LogP contribution in [-0.4, -0.2) is 41.1 Å². The van der Waals surface area contributed by atoms with E-state index in [1.165, 1.54) is 5.56 Å². The summed E-state index contributed by atoms with van der Waals surface area (Å²) in [4.78, 5) is 25.2. The predicted octanol–water partition coefficient (Wildman–Crippen LogP) is 2.23. The molecule has 1 aliphatic heterocycles. The molecule has 0 aromatic heterocycles. The molecule has 0 radical (unpaired) electrons. The van der Waals surface area contributed by atoms with E-state index in [-0.39, 0.29) is 12.0 Å². The predicted molar refractivity (Wildman–Crippen MR) is 80.7 cm³/mol. The monoisotopic (exact) mass is 303 g/mol. The minimum absolute atomic E-state index is 0.0896. The number of benzene rings is 1. The molecule has 1 heterocycles. The number of carboxylic acids is 1. The van der Waals surface area contributed by atoms with Crippen LogP contribution in [0.5, 0.6) is 5.75 Å². The molecule has 2 fully saturated rings. The van der Waals surface area contributed by atoms with Gasteiger partial charge in [0.25, 0.3) is 0 Å². The fourth-order valence-corrected chi connectivity index (χ4v) is 2.93. The minimum Gasteiger partial charge on any atom is -0.490 e. The van der Waals surface area contributed by atoms with E-state index in [1.54, 1.807) is 4.90 Å². The van der Waals surface area contributed by atoms with E-state index in [1.807, 2.05) is 31.2 Å². The largest absolute Gasteiger partial charge is 0.490 e. The van der Waals surface area contributed by atoms with Crippen LogP contribution >= 0.6 is 0 Å². The molecule has 0 unspecified atom stereocenters. The maximum absolute atomic E-state index is 12.3. The maximum Gasteiger partial charge on any atom is 0.319 e. The van der Waals surface area contributed by atoms with Crippen molar-refractivity contribution in [1.82, 2.24) is 4.90 Å². The van der Waals surface area contributed by atoms with Crippen LogP contribution in [0.4, 0.5) is 0 Å². The van der Waals surface area contributed by atoms with Gasteiger partial charge in [-0.2, -0.15) is 0 Å². The number of nitrogens with zero attached hydrogens (tertiary/aromatic N) is 1. The number of ether oxygens (including phenoxy) is 1. The first-order chi connectivity index (χ1) is 10.5. The first kappa shape index (κ1) is 14.9. The smallest absolute Gasteiger partial charge is 0.319 e. The van der Waals surface area contributed by atoms with E-state index >= 15 is 0 Å². The summed E-state index contributed by atoms with van der Waals surface area (Å²) in [5, 5.41) is 9.20. The van der Waals surface area contributed by atoms with E-state index in [2.05, 4.69) is 0 Å². The Labute approximate surface area is 129 Å². The second-order valence-corrected chi connectivity index (χ2v) is 6.31. The van der Waals surface area contributed by atoms with Gasteiger partial charge in [-0.05, 0) is 31.9 Å². The molecule has 1 N–H and O–H groups in total. The quantitative estimate of drug-likeness (QED) is 0.866. The van der Waals surface area contributed by atoms with Gasteiger partial charge in [0.05, 0.1) is 0 Å². The zero-order valence-electron chi connectivity index (χ0n) is 12.7. The fourth-order valence-electron chi connectivity index (χ4n) is 2.93. The number of likely N-dealkylation sites (tertiary alicyclic amines) is 1. The van der Waals surface area contributed by atoms with Gasteiger partial charge in [-0.3, -0.25) is 9.59 Å². The molecule has 0 bridgehead atoms. The average molecular weight is 303 g/mol. The van der Waals surface area contributed by atoms with Crippen LogP contribution in [0.1, 0.15) is 31.2 Å². The molecule has 5 heteroatoms. The van der Waals surface area contributed by atoms with Crippen molar-refractivity contribution in [3.05, 3.63) is 29.8 Å². The third-order valence-electron chi connectivity index (χ3n) is 4.62. The Morgan fingerprint density at radius 1 is 1.18 bits per heavy atom. The third-order valence-corrected chi connectivity index (χ3v) is 4.62. The highest BCUT2D eigenvalue weighted by atomic mass is 16.5. The zero-order valence-corrected chi connectivity index (χ0v) is 12.7. The summed E-state index contributed by atoms with van der Waals surface area (Å²) in [6.07, 6.45) is 2.53. The van der Waals surface area contributed by atoms with Gasteiger partial charge < -0.3 is 14.7 Å². The van der Waals surface area contributed by atoms with E-state index in [0.29, 0.717) is 25.9 Å². The van der Waals surface area contributed by atoms with Crippen molar-refractivity contribution in [2.45, 2.75) is 38.7 Å². The Morgan fingerprint density at radius 3 is 2.27 bits per heavy atom. The van der Waals surface area contributed by atoms with Crippen LogP contribution in [0, 0.1) is 12.3 Å². The van der Waals surface area contributed by atoms with Crippen molar-refractivity contribution in [2.24, 2.45) is 5.41 Å². The van der Waals surface area contributed by atoms with Gasteiger partial charge in [0, 0.05) is 25.9 Å². The van der Waals surface area contributed by atoms with E-state index < -0.39 is 11.4 Å². The summed E-state index contributed by atoms with van der Waals surface area (Å²) in [6.45, 7) is 3.18. The molecule has 5 nitrogen and oxygen atoms in total. The number of rotatable bonds is 4. The number of carboxylic acid groups (broad SMARTS) is 1. The molecule has 118 valence electrons. The standard InChI is InChI=1S/C17H21NO4/c1-12-2-4-13(5-3-12)22-14-6-10-18(11-7-14)15(19)17(8-9-17)16(20)21/h2-5,14H,6-11H2,1H3,(H,20,21). The van der Waals surface area contributed by atoms with Crippen LogP contribution in [0.2, 0.25) is 0 Å². The molecular weight excluding hydrogens is 282 g/mol. The fraction of sp³-hybridized carbons (Fsp3) is 0.529. The Bertz CT molecular complexity index is 569. The molecule has 1 amide bonds. The molecule has 3 rings (SSSR count). The van der Waals surface area contributed by atoms with Gasteiger partial charge in [0.15, 0.2) is 0 Å². The summed E-state index contributed by atoms with van der Waals surface area (Å²) in [6, 6.07) is 7.93. The van der Waals surface area contributed by atoms with E-state index in [4.69, 9.17) is 4.74 Å². The molecule has 1 saturated heterocycles. The second kappa shape index (κ2) is 5.63. The summed E-state index contributed by atoms with van der Waals surface area (Å²) in [7, 11) is 0. The minimum atomic E-state index is -1.12. The Hall–Kier alpha value is -2.04. The molecule has 0 atom stereocenters. The second-order valence-electron chi connectivity index (χ2n) is 6.31. The van der Waals surface area contributed by atoms with Crippen LogP contribution in [-0.2, 0) is 9.59 Å². The summed E-state index contributed by atoms with van der Waals surface area (Å²) in [5.74, 6) is -0.344. The van der Waals surface area contributed by atoms with Crippen molar-refractivity contribution in [1.29, 1.82) is 0 Å². The third kappa shape index (κ3) is 2.80. The van der Waals surface area contributed by atoms with Gasteiger partial charge in [0.2, 0.25) is 5.91 Å². The molecule has 1 aromatic carbocycles. The molecule has 2 aliphatic rings. The maximum atomic E-state index is 12.3. The number of carbonyl (C=O) groups is 2. The lowest BCUT2D eigenvalue weighted by Gasteiger charge is -2.33. The van der Waals surface area contributed by atoms with E-state index in [9.17, 15) is 14.7 Å². The summed E-state index contributed by atoms with van der Waals surface area (Å²) in [5.41, 5.74) is 0.0705. The van der Waals surface area contributed by atoms with Crippen molar-refractivity contribution in [3.8, 4) is 5.75 Å². The highest BCUT2D eigenvalue weighted by molar-refractivity contribution is 6.04. The van der Waals surface area contributed by atoms with Crippen molar-refractivity contribution >= 4 is 11.9 Å². The number of piperidine rings is 1. The van der Waals surface area contributed by atoms with Gasteiger partial charge in [0.1, 0.15) is 17.3 Å². The van der Waals surface area contributed by atoms with Gasteiger partial charge >= 0.3 is 5.97 Å². The Balaban J connectivity index is 1.53. The van der Waals surface area contributed by atoms with Crippen molar-refractivity contribution in [3.63, 3.8) is 0 Å². The SMILES string of the molecule is Cc1ccc(OC2CCN(C(=O)C3(C(=O)O)CC3)CC2)cc1. The lowest BCUT2D eigenvalue weighted by molar-refractivity contribution is -0.154. The number of aliphatic carboxylic acids is 1. The molecule has 0 spiro atoms. The normalized spacial score (nSPS) is 20.5.